The normalized spacial score (nSPS) is 18.6. The van der Waals surface area contributed by atoms with Gasteiger partial charge in [0.25, 0.3) is 0 Å². The number of nitrogens with zero attached hydrogens (tertiary/aromatic N) is 1. The molecular weight excluding hydrogens is 232 g/mol. The molecule has 1 aromatic rings. The molecular formula is C14H21ClN2. The van der Waals surface area contributed by atoms with E-state index in [1.54, 1.807) is 0 Å². The van der Waals surface area contributed by atoms with Crippen molar-refractivity contribution in [2.45, 2.75) is 32.7 Å². The van der Waals surface area contributed by atoms with Crippen molar-refractivity contribution in [1.29, 1.82) is 0 Å². The standard InChI is InChI=1S/C14H21ClN2/c1-10(14(2)7-8-14)16-12-9-11(15)5-6-13(12)17(3)4/h5-6,9-10,16H,7-8H2,1-4H3. The molecule has 0 spiro atoms. The van der Waals surface area contributed by atoms with E-state index in [0.717, 1.165) is 10.7 Å². The molecule has 0 aliphatic heterocycles. The second kappa shape index (κ2) is 4.41. The highest BCUT2D eigenvalue weighted by Gasteiger charge is 2.42. The summed E-state index contributed by atoms with van der Waals surface area (Å²) in [5, 5.41) is 4.39. The number of hydrogen-bond donors (Lipinski definition) is 1. The van der Waals surface area contributed by atoms with Crippen molar-refractivity contribution in [2.75, 3.05) is 24.3 Å². The summed E-state index contributed by atoms with van der Waals surface area (Å²) >= 11 is 6.08. The fraction of sp³-hybridized carbons (Fsp3) is 0.571. The van der Waals surface area contributed by atoms with Gasteiger partial charge in [0.05, 0.1) is 11.4 Å². The predicted molar refractivity (Wildman–Crippen MR) is 76.2 cm³/mol. The van der Waals surface area contributed by atoms with Gasteiger partial charge in [0.1, 0.15) is 0 Å². The zero-order valence-electron chi connectivity index (χ0n) is 11.0. The lowest BCUT2D eigenvalue weighted by atomic mass is 10.0. The fourth-order valence-electron chi connectivity index (χ4n) is 2.05. The van der Waals surface area contributed by atoms with Crippen molar-refractivity contribution in [2.24, 2.45) is 5.41 Å². The SMILES string of the molecule is CC(Nc1cc(Cl)ccc1N(C)C)C1(C)CC1. The quantitative estimate of drug-likeness (QED) is 0.871. The molecule has 94 valence electrons. The van der Waals surface area contributed by atoms with Gasteiger partial charge in [0.15, 0.2) is 0 Å². The first-order valence-corrected chi connectivity index (χ1v) is 6.53. The first kappa shape index (κ1) is 12.6. The molecule has 1 unspecified atom stereocenters. The number of anilines is 2. The van der Waals surface area contributed by atoms with E-state index in [9.17, 15) is 0 Å². The Balaban J connectivity index is 2.21. The maximum absolute atomic E-state index is 6.08. The number of benzene rings is 1. The van der Waals surface area contributed by atoms with Crippen LogP contribution in [0.2, 0.25) is 5.02 Å². The Kier molecular flexibility index (Phi) is 3.26. The van der Waals surface area contributed by atoms with Gasteiger partial charge >= 0.3 is 0 Å². The summed E-state index contributed by atoms with van der Waals surface area (Å²) in [5.74, 6) is 0. The maximum Gasteiger partial charge on any atom is 0.0597 e. The fourth-order valence-corrected chi connectivity index (χ4v) is 2.22. The van der Waals surface area contributed by atoms with E-state index in [0.29, 0.717) is 11.5 Å². The van der Waals surface area contributed by atoms with Crippen LogP contribution in [-0.2, 0) is 0 Å². The maximum atomic E-state index is 6.08. The second-order valence-corrected chi connectivity index (χ2v) is 6.01. The van der Waals surface area contributed by atoms with Gasteiger partial charge in [-0.1, -0.05) is 18.5 Å². The summed E-state index contributed by atoms with van der Waals surface area (Å²) in [6.45, 7) is 4.60. The van der Waals surface area contributed by atoms with Crippen LogP contribution in [0.4, 0.5) is 11.4 Å². The van der Waals surface area contributed by atoms with E-state index < -0.39 is 0 Å². The Morgan fingerprint density at radius 2 is 2.00 bits per heavy atom. The minimum atomic E-state index is 0.464. The third kappa shape index (κ3) is 2.68. The molecule has 1 saturated carbocycles. The van der Waals surface area contributed by atoms with Crippen LogP contribution in [-0.4, -0.2) is 20.1 Å². The monoisotopic (exact) mass is 252 g/mol. The Hall–Kier alpha value is -0.890. The molecule has 0 amide bonds. The van der Waals surface area contributed by atoms with E-state index in [2.05, 4.69) is 44.2 Å². The van der Waals surface area contributed by atoms with E-state index in [-0.39, 0.29) is 0 Å². The summed E-state index contributed by atoms with van der Waals surface area (Å²) in [6, 6.07) is 6.50. The third-order valence-corrected chi connectivity index (χ3v) is 4.13. The average Bonchev–Trinajstić information content (AvgIpc) is 2.97. The molecule has 0 radical (unpaired) electrons. The van der Waals surface area contributed by atoms with Gasteiger partial charge in [-0.25, -0.2) is 0 Å². The highest BCUT2D eigenvalue weighted by atomic mass is 35.5. The second-order valence-electron chi connectivity index (χ2n) is 5.58. The Morgan fingerprint density at radius 3 is 2.53 bits per heavy atom. The van der Waals surface area contributed by atoms with Crippen molar-refractivity contribution in [3.05, 3.63) is 23.2 Å². The zero-order valence-corrected chi connectivity index (χ0v) is 11.8. The largest absolute Gasteiger partial charge is 0.380 e. The summed E-state index contributed by atoms with van der Waals surface area (Å²) in [7, 11) is 4.11. The van der Waals surface area contributed by atoms with Crippen LogP contribution in [0.15, 0.2) is 18.2 Å². The molecule has 0 bridgehead atoms. The van der Waals surface area contributed by atoms with Gasteiger partial charge in [0.2, 0.25) is 0 Å². The molecule has 0 aromatic heterocycles. The molecule has 0 heterocycles. The van der Waals surface area contributed by atoms with Gasteiger partial charge in [-0.05, 0) is 43.4 Å². The summed E-state index contributed by atoms with van der Waals surface area (Å²) in [5.41, 5.74) is 2.78. The molecule has 2 rings (SSSR count). The zero-order chi connectivity index (χ0) is 12.6. The van der Waals surface area contributed by atoms with Crippen LogP contribution in [0.5, 0.6) is 0 Å². The van der Waals surface area contributed by atoms with Crippen molar-refractivity contribution in [3.63, 3.8) is 0 Å². The van der Waals surface area contributed by atoms with Gasteiger partial charge in [-0.3, -0.25) is 0 Å². The predicted octanol–water partition coefficient (Wildman–Crippen LogP) is 4.01. The number of nitrogens with one attached hydrogen (secondary N) is 1. The molecule has 1 aliphatic rings. The van der Waals surface area contributed by atoms with Gasteiger partial charge < -0.3 is 10.2 Å². The lowest BCUT2D eigenvalue weighted by molar-refractivity contribution is 0.493. The topological polar surface area (TPSA) is 15.3 Å². The minimum Gasteiger partial charge on any atom is -0.380 e. The highest BCUT2D eigenvalue weighted by molar-refractivity contribution is 6.31. The van der Waals surface area contributed by atoms with Crippen LogP contribution >= 0.6 is 11.6 Å². The lowest BCUT2D eigenvalue weighted by Crippen LogP contribution is -2.26. The Bertz CT molecular complexity index is 411. The Labute approximate surface area is 109 Å². The van der Waals surface area contributed by atoms with E-state index in [1.165, 1.54) is 18.5 Å². The summed E-state index contributed by atoms with van der Waals surface area (Å²) in [4.78, 5) is 2.11. The number of hydrogen-bond acceptors (Lipinski definition) is 2. The van der Waals surface area contributed by atoms with Crippen molar-refractivity contribution < 1.29 is 0 Å². The molecule has 1 fully saturated rings. The molecule has 0 saturated heterocycles. The third-order valence-electron chi connectivity index (χ3n) is 3.90. The molecule has 3 heteroatoms. The number of halogens is 1. The molecule has 17 heavy (non-hydrogen) atoms. The van der Waals surface area contributed by atoms with Crippen LogP contribution in [0.25, 0.3) is 0 Å². The van der Waals surface area contributed by atoms with Crippen molar-refractivity contribution in [3.8, 4) is 0 Å². The average molecular weight is 253 g/mol. The molecule has 2 nitrogen and oxygen atoms in total. The van der Waals surface area contributed by atoms with E-state index in [4.69, 9.17) is 11.6 Å². The van der Waals surface area contributed by atoms with Gasteiger partial charge in [-0.2, -0.15) is 0 Å². The van der Waals surface area contributed by atoms with Gasteiger partial charge in [-0.15, -0.1) is 0 Å². The molecule has 1 N–H and O–H groups in total. The minimum absolute atomic E-state index is 0.464. The highest BCUT2D eigenvalue weighted by Crippen LogP contribution is 2.49. The van der Waals surface area contributed by atoms with E-state index >= 15 is 0 Å². The summed E-state index contributed by atoms with van der Waals surface area (Å²) < 4.78 is 0. The van der Waals surface area contributed by atoms with Crippen LogP contribution in [0.3, 0.4) is 0 Å². The Morgan fingerprint density at radius 1 is 1.35 bits per heavy atom. The van der Waals surface area contributed by atoms with E-state index in [1.807, 2.05) is 12.1 Å². The number of rotatable bonds is 4. The van der Waals surface area contributed by atoms with Crippen molar-refractivity contribution >= 4 is 23.0 Å². The van der Waals surface area contributed by atoms with Crippen molar-refractivity contribution in [1.82, 2.24) is 0 Å². The van der Waals surface area contributed by atoms with Crippen LogP contribution in [0.1, 0.15) is 26.7 Å². The molecule has 1 aliphatic carbocycles. The lowest BCUT2D eigenvalue weighted by Gasteiger charge is -2.25. The molecule has 1 atom stereocenters. The van der Waals surface area contributed by atoms with Crippen LogP contribution < -0.4 is 10.2 Å². The molecule has 1 aromatic carbocycles. The van der Waals surface area contributed by atoms with Gasteiger partial charge in [0, 0.05) is 25.2 Å². The smallest absolute Gasteiger partial charge is 0.0597 e. The van der Waals surface area contributed by atoms with Crippen LogP contribution in [0, 0.1) is 5.41 Å². The summed E-state index contributed by atoms with van der Waals surface area (Å²) in [6.07, 6.45) is 2.64. The first-order chi connectivity index (χ1) is 7.92. The first-order valence-electron chi connectivity index (χ1n) is 6.16.